The van der Waals surface area contributed by atoms with Gasteiger partial charge in [0.25, 0.3) is 0 Å². The summed E-state index contributed by atoms with van der Waals surface area (Å²) >= 11 is 0. The highest BCUT2D eigenvalue weighted by Gasteiger charge is 2.31. The van der Waals surface area contributed by atoms with Gasteiger partial charge in [-0.15, -0.1) is 0 Å². The summed E-state index contributed by atoms with van der Waals surface area (Å²) in [6.45, 7) is 11.6. The van der Waals surface area contributed by atoms with Gasteiger partial charge in [0.15, 0.2) is 0 Å². The van der Waals surface area contributed by atoms with Crippen LogP contribution in [0.4, 0.5) is 5.69 Å². The second-order valence-electron chi connectivity index (χ2n) is 7.93. The molecule has 0 atom stereocenters. The van der Waals surface area contributed by atoms with Gasteiger partial charge in [0.05, 0.1) is 6.04 Å². The van der Waals surface area contributed by atoms with Crippen LogP contribution in [0.1, 0.15) is 82.8 Å². The second kappa shape index (κ2) is 7.07. The number of rotatable bonds is 4. The molecule has 2 aliphatic rings. The molecule has 0 saturated heterocycles. The highest BCUT2D eigenvalue weighted by molar-refractivity contribution is 5.81. The summed E-state index contributed by atoms with van der Waals surface area (Å²) in [4.78, 5) is 2.54. The van der Waals surface area contributed by atoms with Crippen molar-refractivity contribution in [2.45, 2.75) is 77.7 Å². The summed E-state index contributed by atoms with van der Waals surface area (Å²) in [5.74, 6) is 1.14. The van der Waals surface area contributed by atoms with Crippen LogP contribution >= 0.6 is 0 Å². The SMILES string of the molecule is CC(C)c1cccc(C(C)C)c1N1C=[N+](C2CCCCC2)CC1. The Hall–Kier alpha value is -1.31. The second-order valence-corrected chi connectivity index (χ2v) is 7.93. The zero-order chi connectivity index (χ0) is 16.4. The number of para-hydroxylation sites is 1. The van der Waals surface area contributed by atoms with Crippen molar-refractivity contribution in [2.75, 3.05) is 18.0 Å². The number of anilines is 1. The van der Waals surface area contributed by atoms with Crippen molar-refractivity contribution in [1.29, 1.82) is 0 Å². The van der Waals surface area contributed by atoms with Crippen molar-refractivity contribution in [3.05, 3.63) is 29.3 Å². The van der Waals surface area contributed by atoms with Gasteiger partial charge in [-0.3, -0.25) is 4.58 Å². The fourth-order valence-electron chi connectivity index (χ4n) is 4.22. The molecular weight excluding hydrogens is 280 g/mol. The topological polar surface area (TPSA) is 6.25 Å². The van der Waals surface area contributed by atoms with E-state index >= 15 is 0 Å². The Morgan fingerprint density at radius 2 is 1.57 bits per heavy atom. The molecule has 2 heteroatoms. The van der Waals surface area contributed by atoms with Crippen LogP contribution in [0, 0.1) is 0 Å². The first kappa shape index (κ1) is 16.5. The van der Waals surface area contributed by atoms with Crippen LogP contribution in [0.25, 0.3) is 0 Å². The molecule has 1 aromatic carbocycles. The maximum absolute atomic E-state index is 2.63. The predicted octanol–water partition coefficient (Wildman–Crippen LogP) is 5.13. The van der Waals surface area contributed by atoms with Gasteiger partial charge in [-0.05, 0) is 37.5 Å². The van der Waals surface area contributed by atoms with Gasteiger partial charge in [0.1, 0.15) is 18.8 Å². The average Bonchev–Trinajstić information content (AvgIpc) is 3.04. The Morgan fingerprint density at radius 3 is 2.13 bits per heavy atom. The fraction of sp³-hybridized carbons (Fsp3) is 0.667. The maximum Gasteiger partial charge on any atom is 0.239 e. The molecule has 126 valence electrons. The van der Waals surface area contributed by atoms with Gasteiger partial charge in [0.2, 0.25) is 6.34 Å². The summed E-state index contributed by atoms with van der Waals surface area (Å²) in [6, 6.07) is 7.66. The molecule has 1 aliphatic carbocycles. The normalized spacial score (nSPS) is 19.7. The third kappa shape index (κ3) is 3.46. The molecule has 23 heavy (non-hydrogen) atoms. The van der Waals surface area contributed by atoms with Crippen molar-refractivity contribution >= 4 is 12.0 Å². The van der Waals surface area contributed by atoms with Crippen LogP contribution < -0.4 is 4.90 Å². The Balaban J connectivity index is 1.93. The van der Waals surface area contributed by atoms with Crippen LogP contribution in [0.3, 0.4) is 0 Å². The Morgan fingerprint density at radius 1 is 0.957 bits per heavy atom. The summed E-state index contributed by atoms with van der Waals surface area (Å²) in [7, 11) is 0. The van der Waals surface area contributed by atoms with Gasteiger partial charge < -0.3 is 0 Å². The first-order valence-corrected chi connectivity index (χ1v) is 9.58. The molecule has 0 unspecified atom stereocenters. The van der Waals surface area contributed by atoms with E-state index < -0.39 is 0 Å². The predicted molar refractivity (Wildman–Crippen MR) is 100 cm³/mol. The van der Waals surface area contributed by atoms with Crippen LogP contribution in [0.2, 0.25) is 0 Å². The molecule has 1 aliphatic heterocycles. The minimum absolute atomic E-state index is 0.570. The zero-order valence-electron chi connectivity index (χ0n) is 15.4. The Labute approximate surface area is 142 Å². The van der Waals surface area contributed by atoms with E-state index in [2.05, 4.69) is 61.7 Å². The fourth-order valence-corrected chi connectivity index (χ4v) is 4.22. The van der Waals surface area contributed by atoms with E-state index in [-0.39, 0.29) is 0 Å². The van der Waals surface area contributed by atoms with Gasteiger partial charge >= 0.3 is 0 Å². The van der Waals surface area contributed by atoms with E-state index in [0.717, 1.165) is 12.6 Å². The van der Waals surface area contributed by atoms with E-state index in [1.807, 2.05) is 0 Å². The molecular formula is C21H33N2+. The summed E-state index contributed by atoms with van der Waals surface area (Å²) in [5, 5.41) is 0. The molecule has 0 spiro atoms. The first-order valence-electron chi connectivity index (χ1n) is 9.58. The van der Waals surface area contributed by atoms with E-state index in [1.165, 1.54) is 55.5 Å². The zero-order valence-corrected chi connectivity index (χ0v) is 15.4. The number of hydrogen-bond acceptors (Lipinski definition) is 1. The summed E-state index contributed by atoms with van der Waals surface area (Å²) in [5.41, 5.74) is 4.48. The van der Waals surface area contributed by atoms with Crippen LogP contribution in [0.5, 0.6) is 0 Å². The van der Waals surface area contributed by atoms with Crippen molar-refractivity contribution in [3.8, 4) is 0 Å². The van der Waals surface area contributed by atoms with Crippen molar-refractivity contribution < 1.29 is 4.58 Å². The molecule has 1 heterocycles. The van der Waals surface area contributed by atoms with E-state index in [1.54, 1.807) is 0 Å². The molecule has 1 saturated carbocycles. The largest absolute Gasteiger partial charge is 0.261 e. The third-order valence-electron chi connectivity index (χ3n) is 5.56. The molecule has 0 bridgehead atoms. The van der Waals surface area contributed by atoms with E-state index in [9.17, 15) is 0 Å². The van der Waals surface area contributed by atoms with Gasteiger partial charge in [-0.1, -0.05) is 52.3 Å². The molecule has 0 amide bonds. The van der Waals surface area contributed by atoms with Crippen molar-refractivity contribution in [3.63, 3.8) is 0 Å². The third-order valence-corrected chi connectivity index (χ3v) is 5.56. The highest BCUT2D eigenvalue weighted by Crippen LogP contribution is 2.35. The number of hydrogen-bond donors (Lipinski definition) is 0. The average molecular weight is 314 g/mol. The van der Waals surface area contributed by atoms with Gasteiger partial charge in [0, 0.05) is 11.1 Å². The standard InChI is InChI=1S/C21H33N2/c1-16(2)19-11-8-12-20(17(3)4)21(19)23-14-13-22(15-23)18-9-6-5-7-10-18/h8,11-12,15-18H,5-7,9-10,13-14H2,1-4H3/q+1. The van der Waals surface area contributed by atoms with Crippen LogP contribution in [-0.2, 0) is 0 Å². The van der Waals surface area contributed by atoms with Crippen LogP contribution in [0.15, 0.2) is 18.2 Å². The highest BCUT2D eigenvalue weighted by atomic mass is 15.3. The summed E-state index contributed by atoms with van der Waals surface area (Å²) in [6.07, 6.45) is 9.45. The van der Waals surface area contributed by atoms with Crippen molar-refractivity contribution in [2.24, 2.45) is 0 Å². The molecule has 0 radical (unpaired) electrons. The number of benzene rings is 1. The molecule has 0 N–H and O–H groups in total. The Bertz CT molecular complexity index is 539. The number of nitrogens with zero attached hydrogens (tertiary/aromatic N) is 2. The molecule has 3 rings (SSSR count). The lowest BCUT2D eigenvalue weighted by atomic mass is 9.92. The van der Waals surface area contributed by atoms with Gasteiger partial charge in [-0.2, -0.15) is 0 Å². The van der Waals surface area contributed by atoms with Crippen LogP contribution in [-0.4, -0.2) is 30.0 Å². The molecule has 2 nitrogen and oxygen atoms in total. The quantitative estimate of drug-likeness (QED) is 0.699. The van der Waals surface area contributed by atoms with E-state index in [4.69, 9.17) is 0 Å². The van der Waals surface area contributed by atoms with Gasteiger partial charge in [-0.25, -0.2) is 4.90 Å². The molecule has 0 aromatic heterocycles. The lowest BCUT2D eigenvalue weighted by molar-refractivity contribution is -0.556. The molecule has 1 aromatic rings. The Kier molecular flexibility index (Phi) is 5.08. The monoisotopic (exact) mass is 313 g/mol. The lowest BCUT2D eigenvalue weighted by Gasteiger charge is -2.21. The minimum Gasteiger partial charge on any atom is -0.261 e. The van der Waals surface area contributed by atoms with Crippen molar-refractivity contribution in [1.82, 2.24) is 0 Å². The molecule has 1 fully saturated rings. The first-order chi connectivity index (χ1) is 11.1. The maximum atomic E-state index is 2.63. The lowest BCUT2D eigenvalue weighted by Crippen LogP contribution is -2.28. The smallest absolute Gasteiger partial charge is 0.239 e. The van der Waals surface area contributed by atoms with E-state index in [0.29, 0.717) is 11.8 Å². The summed E-state index contributed by atoms with van der Waals surface area (Å²) < 4.78 is 2.63. The minimum atomic E-state index is 0.570.